The third-order valence-corrected chi connectivity index (χ3v) is 7.20. The van der Waals surface area contributed by atoms with E-state index in [1.54, 1.807) is 43.5 Å². The highest BCUT2D eigenvalue weighted by Crippen LogP contribution is 2.40. The van der Waals surface area contributed by atoms with Gasteiger partial charge in [-0.25, -0.2) is 0 Å². The zero-order chi connectivity index (χ0) is 27.6. The number of alkyl halides is 3. The number of benzene rings is 3. The Kier molecular flexibility index (Phi) is 7.48. The fourth-order valence-electron chi connectivity index (χ4n) is 5.23. The van der Waals surface area contributed by atoms with E-state index in [2.05, 4.69) is 28.2 Å². The summed E-state index contributed by atoms with van der Waals surface area (Å²) in [5, 5.41) is 4.58. The van der Waals surface area contributed by atoms with Crippen LogP contribution in [0.4, 0.5) is 18.9 Å². The third kappa shape index (κ3) is 5.43. The molecule has 8 heteroatoms. The number of carbonyl (C=O) groups excluding carboxylic acids is 1. The van der Waals surface area contributed by atoms with Gasteiger partial charge in [0.1, 0.15) is 5.75 Å². The van der Waals surface area contributed by atoms with Gasteiger partial charge in [-0.3, -0.25) is 4.79 Å². The SMILES string of the molecule is COc1ccc(C2C=Cc3c(cccc3C(F)(F)F)N(CCNCCc3cn(C)c4ccccc34)C2=O)cc1. The van der Waals surface area contributed by atoms with E-state index in [9.17, 15) is 18.0 Å². The number of hydrogen-bond donors (Lipinski definition) is 1. The van der Waals surface area contributed by atoms with E-state index in [1.807, 2.05) is 19.2 Å². The molecule has 1 aromatic heterocycles. The summed E-state index contributed by atoms with van der Waals surface area (Å²) >= 11 is 0. The maximum atomic E-state index is 13.9. The van der Waals surface area contributed by atoms with Crippen molar-refractivity contribution in [1.82, 2.24) is 9.88 Å². The van der Waals surface area contributed by atoms with Gasteiger partial charge >= 0.3 is 6.18 Å². The summed E-state index contributed by atoms with van der Waals surface area (Å²) < 4.78 is 49.0. The molecule has 39 heavy (non-hydrogen) atoms. The summed E-state index contributed by atoms with van der Waals surface area (Å²) in [6.07, 6.45) is 1.36. The number of rotatable bonds is 8. The quantitative estimate of drug-likeness (QED) is 0.275. The Labute approximate surface area is 225 Å². The molecule has 1 atom stereocenters. The van der Waals surface area contributed by atoms with Crippen LogP contribution >= 0.6 is 0 Å². The average Bonchev–Trinajstić information content (AvgIpc) is 3.17. The van der Waals surface area contributed by atoms with Crippen molar-refractivity contribution < 1.29 is 22.7 Å². The lowest BCUT2D eigenvalue weighted by Gasteiger charge is -2.27. The lowest BCUT2D eigenvalue weighted by Crippen LogP contribution is -2.39. The van der Waals surface area contributed by atoms with Gasteiger partial charge in [-0.2, -0.15) is 13.2 Å². The number of methoxy groups -OCH3 is 1. The van der Waals surface area contributed by atoms with Gasteiger partial charge in [0.2, 0.25) is 5.91 Å². The van der Waals surface area contributed by atoms with Crippen molar-refractivity contribution in [2.75, 3.05) is 31.6 Å². The molecule has 1 amide bonds. The minimum absolute atomic E-state index is 0.00474. The molecule has 0 fully saturated rings. The van der Waals surface area contributed by atoms with E-state index in [4.69, 9.17) is 4.74 Å². The highest BCUT2D eigenvalue weighted by Gasteiger charge is 2.37. The zero-order valence-electron chi connectivity index (χ0n) is 21.8. The smallest absolute Gasteiger partial charge is 0.417 e. The largest absolute Gasteiger partial charge is 0.497 e. The summed E-state index contributed by atoms with van der Waals surface area (Å²) in [7, 11) is 3.57. The molecule has 5 rings (SSSR count). The highest BCUT2D eigenvalue weighted by molar-refractivity contribution is 6.03. The van der Waals surface area contributed by atoms with Crippen molar-refractivity contribution in [1.29, 1.82) is 0 Å². The molecular formula is C31H30F3N3O2. The van der Waals surface area contributed by atoms with Crippen molar-refractivity contribution in [2.24, 2.45) is 7.05 Å². The summed E-state index contributed by atoms with van der Waals surface area (Å²) in [4.78, 5) is 15.3. The number of carbonyl (C=O) groups is 1. The van der Waals surface area contributed by atoms with Crippen molar-refractivity contribution >= 4 is 28.6 Å². The molecule has 0 aliphatic carbocycles. The van der Waals surface area contributed by atoms with Gasteiger partial charge in [0.05, 0.1) is 24.3 Å². The maximum absolute atomic E-state index is 13.9. The lowest BCUT2D eigenvalue weighted by atomic mass is 9.97. The van der Waals surface area contributed by atoms with Crippen LogP contribution in [0.2, 0.25) is 0 Å². The summed E-state index contributed by atoms with van der Waals surface area (Å²) in [5.41, 5.74) is 2.58. The van der Waals surface area contributed by atoms with E-state index >= 15 is 0 Å². The number of para-hydroxylation sites is 1. The Balaban J connectivity index is 1.36. The number of hydrogen-bond acceptors (Lipinski definition) is 3. The molecule has 1 aliphatic heterocycles. The molecule has 0 spiro atoms. The lowest BCUT2D eigenvalue weighted by molar-refractivity contribution is -0.137. The molecule has 5 nitrogen and oxygen atoms in total. The van der Waals surface area contributed by atoms with Crippen molar-refractivity contribution in [2.45, 2.75) is 18.5 Å². The standard InChI is InChI=1S/C31H30F3N3O2/c1-36-20-22(24-6-3-4-8-28(24)36)16-17-35-18-19-37-29-9-5-7-27(31(32,33)34)26(29)15-14-25(30(37)38)21-10-12-23(39-2)13-11-21/h3-15,20,25,35H,16-19H2,1-2H3. The van der Waals surface area contributed by atoms with Crippen LogP contribution in [0.3, 0.4) is 0 Å². The zero-order valence-corrected chi connectivity index (χ0v) is 21.8. The minimum Gasteiger partial charge on any atom is -0.497 e. The Bertz CT molecular complexity index is 1510. The van der Waals surface area contributed by atoms with Crippen LogP contribution < -0.4 is 15.0 Å². The van der Waals surface area contributed by atoms with Crippen molar-refractivity contribution in [3.8, 4) is 5.75 Å². The molecule has 1 N–H and O–H groups in total. The molecule has 0 bridgehead atoms. The Morgan fingerprint density at radius 3 is 2.49 bits per heavy atom. The first-order valence-electron chi connectivity index (χ1n) is 12.9. The van der Waals surface area contributed by atoms with E-state index in [1.165, 1.54) is 28.0 Å². The average molecular weight is 534 g/mol. The Hall–Kier alpha value is -4.04. The number of nitrogens with one attached hydrogen (secondary N) is 1. The van der Waals surface area contributed by atoms with E-state index < -0.39 is 17.7 Å². The normalized spacial score (nSPS) is 15.5. The molecule has 202 valence electrons. The first-order valence-corrected chi connectivity index (χ1v) is 12.9. The number of amides is 1. The molecule has 2 heterocycles. The van der Waals surface area contributed by atoms with E-state index in [-0.39, 0.29) is 23.7 Å². The first-order chi connectivity index (χ1) is 18.8. The van der Waals surface area contributed by atoms with Crippen LogP contribution in [-0.2, 0) is 24.4 Å². The van der Waals surface area contributed by atoms with Gasteiger partial charge in [-0.15, -0.1) is 0 Å². The second-order valence-electron chi connectivity index (χ2n) is 9.62. The van der Waals surface area contributed by atoms with Gasteiger partial charge in [0.15, 0.2) is 0 Å². The number of anilines is 1. The Morgan fingerprint density at radius 2 is 1.74 bits per heavy atom. The first kappa shape index (κ1) is 26.6. The van der Waals surface area contributed by atoms with E-state index in [0.717, 1.165) is 18.0 Å². The topological polar surface area (TPSA) is 46.5 Å². The number of aromatic nitrogens is 1. The van der Waals surface area contributed by atoms with Gasteiger partial charge in [-0.05, 0) is 54.4 Å². The molecule has 0 saturated carbocycles. The molecular weight excluding hydrogens is 503 g/mol. The van der Waals surface area contributed by atoms with Crippen LogP contribution in [0.5, 0.6) is 5.75 Å². The summed E-state index contributed by atoms with van der Waals surface area (Å²) in [5.74, 6) is -0.357. The summed E-state index contributed by atoms with van der Waals surface area (Å²) in [6, 6.07) is 19.2. The number of nitrogens with zero attached hydrogens (tertiary/aromatic N) is 2. The van der Waals surface area contributed by atoms with Gasteiger partial charge < -0.3 is 19.5 Å². The maximum Gasteiger partial charge on any atom is 0.417 e. The summed E-state index contributed by atoms with van der Waals surface area (Å²) in [6.45, 7) is 1.34. The van der Waals surface area contributed by atoms with Crippen LogP contribution in [0.25, 0.3) is 17.0 Å². The second-order valence-corrected chi connectivity index (χ2v) is 9.62. The molecule has 1 aliphatic rings. The number of aryl methyl sites for hydroxylation is 1. The van der Waals surface area contributed by atoms with E-state index in [0.29, 0.717) is 24.4 Å². The number of fused-ring (bicyclic) bond motifs is 2. The van der Waals surface area contributed by atoms with Gasteiger partial charge in [-0.1, -0.05) is 48.6 Å². The van der Waals surface area contributed by atoms with Crippen LogP contribution in [0.1, 0.15) is 28.2 Å². The third-order valence-electron chi connectivity index (χ3n) is 7.20. The fraction of sp³-hybridized carbons (Fsp3) is 0.258. The predicted molar refractivity (Wildman–Crippen MR) is 148 cm³/mol. The van der Waals surface area contributed by atoms with Crippen LogP contribution in [-0.4, -0.2) is 37.2 Å². The number of ether oxygens (including phenoxy) is 1. The van der Waals surface area contributed by atoms with Crippen molar-refractivity contribution in [3.05, 3.63) is 101 Å². The van der Waals surface area contributed by atoms with Gasteiger partial charge in [0, 0.05) is 42.8 Å². The second kappa shape index (κ2) is 11.0. The molecule has 1 unspecified atom stereocenters. The van der Waals surface area contributed by atoms with Crippen LogP contribution in [0.15, 0.2) is 79.0 Å². The monoisotopic (exact) mass is 533 g/mol. The molecule has 4 aromatic rings. The fourth-order valence-corrected chi connectivity index (χ4v) is 5.23. The highest BCUT2D eigenvalue weighted by atomic mass is 19.4. The predicted octanol–water partition coefficient (Wildman–Crippen LogP) is 6.18. The van der Waals surface area contributed by atoms with Crippen LogP contribution in [0, 0.1) is 0 Å². The molecule has 0 saturated heterocycles. The van der Waals surface area contributed by atoms with Gasteiger partial charge in [0.25, 0.3) is 0 Å². The number of halogens is 3. The molecule has 3 aromatic carbocycles. The Morgan fingerprint density at radius 1 is 0.974 bits per heavy atom. The minimum atomic E-state index is -4.54. The van der Waals surface area contributed by atoms with Crippen molar-refractivity contribution in [3.63, 3.8) is 0 Å². The molecule has 0 radical (unpaired) electrons.